The molecule has 0 fully saturated rings. The van der Waals surface area contributed by atoms with Gasteiger partial charge in [-0.3, -0.25) is 0 Å². The van der Waals surface area contributed by atoms with Gasteiger partial charge in [0.2, 0.25) is 0 Å². The average molecular weight is 200 g/mol. The van der Waals surface area contributed by atoms with Crippen LogP contribution in [0.15, 0.2) is 33.1 Å². The van der Waals surface area contributed by atoms with Crippen LogP contribution in [0, 0.1) is 0 Å². The predicted octanol–water partition coefficient (Wildman–Crippen LogP) is -0.818. The Morgan fingerprint density at radius 2 is 1.58 bits per heavy atom. The third-order valence-corrected chi connectivity index (χ3v) is 3.48. The van der Waals surface area contributed by atoms with Crippen LogP contribution in [0.3, 0.4) is 0 Å². The van der Waals surface area contributed by atoms with E-state index in [0.29, 0.717) is 10.7 Å². The average Bonchev–Trinajstić information content (AvgIpc) is 2.46. The first-order chi connectivity index (χ1) is 5.77. The monoisotopic (exact) mass is 200 g/mol. The molecule has 0 saturated heterocycles. The molecule has 2 rings (SSSR count). The molecule has 1 aromatic rings. The Balaban J connectivity index is 2.95. The number of nitrogens with zero attached hydrogens (tertiary/aromatic N) is 2. The first-order valence-electron chi connectivity index (χ1n) is 3.14. The second kappa shape index (κ2) is 2.80. The largest absolute Gasteiger partial charge is 0.283 e. The molecule has 0 amide bonds. The van der Waals surface area contributed by atoms with Gasteiger partial charge in [0.15, 0.2) is 9.83 Å². The Morgan fingerprint density at radius 3 is 2.00 bits per heavy atom. The highest BCUT2D eigenvalue weighted by molar-refractivity contribution is 8.32. The molecule has 0 bridgehead atoms. The maximum absolute atomic E-state index is 10.5. The zero-order valence-electron chi connectivity index (χ0n) is 5.84. The van der Waals surface area contributed by atoms with Gasteiger partial charge < -0.3 is 0 Å². The lowest BCUT2D eigenvalue weighted by Crippen LogP contribution is -2.19. The Kier molecular flexibility index (Phi) is 1.78. The van der Waals surface area contributed by atoms with Crippen LogP contribution in [0.25, 0.3) is 0 Å². The maximum atomic E-state index is 10.5. The SMILES string of the molecule is O=S(=O)=S1N=c2ccccc2=N1. The third-order valence-electron chi connectivity index (χ3n) is 1.36. The molecular formula is C6H4N2O2S2. The van der Waals surface area contributed by atoms with Crippen LogP contribution < -0.4 is 10.7 Å². The normalized spacial score (nSPS) is 14.7. The third kappa shape index (κ3) is 1.19. The highest BCUT2D eigenvalue weighted by Crippen LogP contribution is 1.89. The van der Waals surface area contributed by atoms with E-state index in [1.54, 1.807) is 24.3 Å². The molecule has 1 heterocycles. The minimum atomic E-state index is -2.22. The summed E-state index contributed by atoms with van der Waals surface area (Å²) < 4.78 is 28.8. The standard InChI is InChI=1S/C6H4N2O2S2/c9-12(10)11-7-5-3-1-2-4-6(5)8-11/h1-4H. The van der Waals surface area contributed by atoms with Gasteiger partial charge in [0.25, 0.3) is 9.26 Å². The fourth-order valence-corrected chi connectivity index (χ4v) is 2.52. The summed E-state index contributed by atoms with van der Waals surface area (Å²) >= 11 is 0. The molecule has 0 saturated carbocycles. The van der Waals surface area contributed by atoms with Gasteiger partial charge in [-0.2, -0.15) is 17.2 Å². The quantitative estimate of drug-likeness (QED) is 0.549. The van der Waals surface area contributed by atoms with Crippen LogP contribution in [0.4, 0.5) is 0 Å². The highest BCUT2D eigenvalue weighted by Gasteiger charge is 2.00. The lowest BCUT2D eigenvalue weighted by Gasteiger charge is -1.74. The van der Waals surface area contributed by atoms with Crippen molar-refractivity contribution in [3.8, 4) is 0 Å². The lowest BCUT2D eigenvalue weighted by molar-refractivity contribution is 0.628. The van der Waals surface area contributed by atoms with Crippen LogP contribution in [-0.4, -0.2) is 8.42 Å². The van der Waals surface area contributed by atoms with Crippen LogP contribution in [0.1, 0.15) is 0 Å². The molecule has 0 spiro atoms. The van der Waals surface area contributed by atoms with Gasteiger partial charge in [0, 0.05) is 0 Å². The van der Waals surface area contributed by atoms with Gasteiger partial charge in [0.05, 0.1) is 0 Å². The van der Waals surface area contributed by atoms with Gasteiger partial charge in [-0.05, 0) is 12.1 Å². The van der Waals surface area contributed by atoms with Crippen LogP contribution in [0.2, 0.25) is 0 Å². The van der Waals surface area contributed by atoms with E-state index in [9.17, 15) is 8.42 Å². The fraction of sp³-hybridized carbons (Fsp3) is 0. The minimum absolute atomic E-state index is 0.657. The van der Waals surface area contributed by atoms with Crippen molar-refractivity contribution in [2.75, 3.05) is 0 Å². The smallest absolute Gasteiger partial charge is 0.186 e. The second-order valence-corrected chi connectivity index (χ2v) is 5.05. The fourth-order valence-electron chi connectivity index (χ4n) is 0.868. The Hall–Kier alpha value is -1.01. The molecule has 0 atom stereocenters. The number of benzene rings is 1. The number of hydrogen-bond acceptors (Lipinski definition) is 2. The van der Waals surface area contributed by atoms with E-state index >= 15 is 0 Å². The van der Waals surface area contributed by atoms with Crippen molar-refractivity contribution in [3.63, 3.8) is 0 Å². The number of fused-ring (bicyclic) bond motifs is 1. The van der Waals surface area contributed by atoms with Crippen molar-refractivity contribution in [3.05, 3.63) is 35.0 Å². The molecule has 0 radical (unpaired) electrons. The van der Waals surface area contributed by atoms with Gasteiger partial charge in [-0.1, -0.05) is 12.1 Å². The second-order valence-electron chi connectivity index (χ2n) is 2.11. The molecule has 1 aromatic carbocycles. The van der Waals surface area contributed by atoms with Crippen molar-refractivity contribution in [1.82, 2.24) is 0 Å². The van der Waals surface area contributed by atoms with Crippen LogP contribution in [0.5, 0.6) is 0 Å². The van der Waals surface area contributed by atoms with E-state index in [0.717, 1.165) is 0 Å². The summed E-state index contributed by atoms with van der Waals surface area (Å²) in [5.41, 5.74) is 0. The summed E-state index contributed by atoms with van der Waals surface area (Å²) in [5.74, 6) is 0. The molecule has 6 heteroatoms. The Morgan fingerprint density at radius 1 is 1.08 bits per heavy atom. The van der Waals surface area contributed by atoms with Crippen molar-refractivity contribution >= 4 is 19.1 Å². The molecule has 0 aliphatic carbocycles. The van der Waals surface area contributed by atoms with Crippen molar-refractivity contribution < 1.29 is 8.42 Å². The van der Waals surface area contributed by atoms with Crippen molar-refractivity contribution in [2.45, 2.75) is 0 Å². The van der Waals surface area contributed by atoms with Gasteiger partial charge in [-0.15, -0.1) is 0 Å². The molecule has 1 aliphatic heterocycles. The van der Waals surface area contributed by atoms with Crippen molar-refractivity contribution in [2.24, 2.45) is 8.80 Å². The lowest BCUT2D eigenvalue weighted by atomic mass is 10.3. The molecule has 0 aromatic heterocycles. The van der Waals surface area contributed by atoms with E-state index in [2.05, 4.69) is 8.80 Å². The van der Waals surface area contributed by atoms with E-state index in [-0.39, 0.29) is 0 Å². The maximum Gasteiger partial charge on any atom is 0.283 e. The van der Waals surface area contributed by atoms with E-state index in [1.807, 2.05) is 0 Å². The zero-order chi connectivity index (χ0) is 8.55. The van der Waals surface area contributed by atoms with Gasteiger partial charge in [-0.25, -0.2) is 0 Å². The topological polar surface area (TPSA) is 58.9 Å². The Bertz CT molecular complexity index is 529. The number of hydrogen-bond donors (Lipinski definition) is 0. The molecular weight excluding hydrogens is 196 g/mol. The predicted molar refractivity (Wildman–Crippen MR) is 45.0 cm³/mol. The summed E-state index contributed by atoms with van der Waals surface area (Å²) in [7, 11) is -3.43. The van der Waals surface area contributed by atoms with Crippen LogP contribution >= 0.6 is 0 Å². The van der Waals surface area contributed by atoms with E-state index < -0.39 is 19.1 Å². The summed E-state index contributed by atoms with van der Waals surface area (Å²) in [5, 5.41) is 1.31. The van der Waals surface area contributed by atoms with E-state index in [1.165, 1.54) is 0 Å². The molecule has 4 nitrogen and oxygen atoms in total. The van der Waals surface area contributed by atoms with Gasteiger partial charge >= 0.3 is 0 Å². The summed E-state index contributed by atoms with van der Waals surface area (Å²) in [6, 6.07) is 7.11. The Labute approximate surface area is 71.7 Å². The number of rotatable bonds is 0. The summed E-state index contributed by atoms with van der Waals surface area (Å²) in [6.07, 6.45) is 0. The van der Waals surface area contributed by atoms with Gasteiger partial charge in [0.1, 0.15) is 10.7 Å². The molecule has 12 heavy (non-hydrogen) atoms. The first kappa shape index (κ1) is 7.63. The molecule has 62 valence electrons. The molecule has 0 N–H and O–H groups in total. The van der Waals surface area contributed by atoms with Crippen LogP contribution in [-0.2, 0) is 19.1 Å². The summed E-state index contributed by atoms with van der Waals surface area (Å²) in [4.78, 5) is 0. The minimum Gasteiger partial charge on any atom is -0.186 e. The molecule has 1 aliphatic rings. The van der Waals surface area contributed by atoms with Crippen molar-refractivity contribution in [1.29, 1.82) is 0 Å². The van der Waals surface area contributed by atoms with E-state index in [4.69, 9.17) is 0 Å². The highest BCUT2D eigenvalue weighted by atomic mass is 32.9. The first-order valence-corrected chi connectivity index (χ1v) is 5.87. The zero-order valence-corrected chi connectivity index (χ0v) is 7.47. The molecule has 0 unspecified atom stereocenters. The summed E-state index contributed by atoms with van der Waals surface area (Å²) in [6.45, 7) is 0.